The predicted octanol–water partition coefficient (Wildman–Crippen LogP) is 2.88. The van der Waals surface area contributed by atoms with Crippen LogP contribution in [0.1, 0.15) is 22.9 Å². The highest BCUT2D eigenvalue weighted by Gasteiger charge is 2.33. The molecule has 1 fully saturated rings. The fourth-order valence-electron chi connectivity index (χ4n) is 3.03. The maximum absolute atomic E-state index is 10.8. The molecule has 2 aliphatic rings. The average Bonchev–Trinajstić information content (AvgIpc) is 3.22. The van der Waals surface area contributed by atoms with Crippen molar-refractivity contribution in [2.24, 2.45) is 0 Å². The van der Waals surface area contributed by atoms with E-state index in [1.165, 1.54) is 11.3 Å². The van der Waals surface area contributed by atoms with Gasteiger partial charge in [-0.1, -0.05) is 41.7 Å². The molecule has 2 N–H and O–H groups in total. The van der Waals surface area contributed by atoms with E-state index in [1.54, 1.807) is 6.07 Å². The molecular formula is C16H16N4O2S. The molecule has 2 aliphatic heterocycles. The molecule has 1 saturated heterocycles. The minimum atomic E-state index is -0.326. The summed E-state index contributed by atoms with van der Waals surface area (Å²) in [5.74, 6) is 0. The van der Waals surface area contributed by atoms with Gasteiger partial charge in [-0.2, -0.15) is 0 Å². The number of nitro groups is 1. The molecule has 118 valence electrons. The minimum Gasteiger partial charge on any atom is -0.317 e. The van der Waals surface area contributed by atoms with Gasteiger partial charge in [0.25, 0.3) is 0 Å². The van der Waals surface area contributed by atoms with Crippen molar-refractivity contribution < 1.29 is 4.92 Å². The van der Waals surface area contributed by atoms with Crippen molar-refractivity contribution >= 4 is 22.0 Å². The van der Waals surface area contributed by atoms with Gasteiger partial charge in [0, 0.05) is 23.5 Å². The summed E-state index contributed by atoms with van der Waals surface area (Å²) in [7, 11) is 0. The molecule has 7 heteroatoms. The van der Waals surface area contributed by atoms with Crippen LogP contribution in [0.3, 0.4) is 0 Å². The second-order valence-electron chi connectivity index (χ2n) is 5.64. The van der Waals surface area contributed by atoms with Crippen molar-refractivity contribution in [2.45, 2.75) is 18.6 Å². The van der Waals surface area contributed by atoms with Crippen molar-refractivity contribution in [1.82, 2.24) is 15.8 Å². The molecule has 0 bridgehead atoms. The third kappa shape index (κ3) is 2.74. The molecule has 0 radical (unpaired) electrons. The Morgan fingerprint density at radius 2 is 2.04 bits per heavy atom. The van der Waals surface area contributed by atoms with Gasteiger partial charge in [-0.15, -0.1) is 0 Å². The number of hydrogen-bond donors (Lipinski definition) is 2. The van der Waals surface area contributed by atoms with Crippen molar-refractivity contribution in [3.63, 3.8) is 0 Å². The molecular weight excluding hydrogens is 312 g/mol. The highest BCUT2D eigenvalue weighted by atomic mass is 32.1. The zero-order chi connectivity index (χ0) is 15.8. The Kier molecular flexibility index (Phi) is 3.60. The fourth-order valence-corrected chi connectivity index (χ4v) is 3.95. The van der Waals surface area contributed by atoms with E-state index in [-0.39, 0.29) is 22.1 Å². The Morgan fingerprint density at radius 3 is 2.78 bits per heavy atom. The Balaban J connectivity index is 1.52. The van der Waals surface area contributed by atoms with Gasteiger partial charge in [0.1, 0.15) is 0 Å². The van der Waals surface area contributed by atoms with E-state index in [0.717, 1.165) is 29.1 Å². The molecule has 0 saturated carbocycles. The molecule has 6 nitrogen and oxygen atoms in total. The quantitative estimate of drug-likeness (QED) is 0.670. The third-order valence-electron chi connectivity index (χ3n) is 4.18. The molecule has 0 amide bonds. The number of thiophene rings is 1. The van der Waals surface area contributed by atoms with E-state index >= 15 is 0 Å². The zero-order valence-electron chi connectivity index (χ0n) is 12.3. The van der Waals surface area contributed by atoms with Crippen LogP contribution in [-0.2, 0) is 0 Å². The number of nitrogens with one attached hydrogen (secondary N) is 2. The Bertz CT molecular complexity index is 758. The van der Waals surface area contributed by atoms with Crippen LogP contribution in [-0.4, -0.2) is 22.6 Å². The molecule has 3 heterocycles. The molecule has 0 spiro atoms. The Morgan fingerprint density at radius 1 is 1.22 bits per heavy atom. The van der Waals surface area contributed by atoms with Gasteiger partial charge in [-0.3, -0.25) is 15.4 Å². The summed E-state index contributed by atoms with van der Waals surface area (Å²) in [6, 6.07) is 13.8. The van der Waals surface area contributed by atoms with E-state index < -0.39 is 0 Å². The van der Waals surface area contributed by atoms with Gasteiger partial charge in [0.05, 0.1) is 16.8 Å². The summed E-state index contributed by atoms with van der Waals surface area (Å²) in [5.41, 5.74) is 5.69. The molecule has 2 unspecified atom stereocenters. The second-order valence-corrected chi connectivity index (χ2v) is 6.73. The van der Waals surface area contributed by atoms with E-state index in [2.05, 4.69) is 34.0 Å². The molecule has 1 aromatic carbocycles. The number of rotatable bonds is 3. The van der Waals surface area contributed by atoms with Crippen LogP contribution >= 0.6 is 11.3 Å². The lowest BCUT2D eigenvalue weighted by atomic mass is 10.1. The molecule has 2 atom stereocenters. The minimum absolute atomic E-state index is 0.102. The highest BCUT2D eigenvalue weighted by molar-refractivity contribution is 7.15. The van der Waals surface area contributed by atoms with E-state index in [0.29, 0.717) is 0 Å². The summed E-state index contributed by atoms with van der Waals surface area (Å²) in [5, 5.41) is 16.8. The predicted molar refractivity (Wildman–Crippen MR) is 89.5 cm³/mol. The van der Waals surface area contributed by atoms with Crippen LogP contribution in [0.2, 0.25) is 0 Å². The van der Waals surface area contributed by atoms with Gasteiger partial charge in [0.2, 0.25) is 0 Å². The summed E-state index contributed by atoms with van der Waals surface area (Å²) in [6.45, 7) is 0.890. The standard InChI is InChI=1S/C16H16N4O2S/c21-20(22)16-7-6-14(23-16)12-8-9-19-15(17-12)10-13(18-19)11-4-2-1-3-5-11/h1-7,10,12,15,17-18H,8-9H2. The van der Waals surface area contributed by atoms with Crippen LogP contribution in [0.4, 0.5) is 5.00 Å². The third-order valence-corrected chi connectivity index (χ3v) is 5.33. The lowest BCUT2D eigenvalue weighted by Crippen LogP contribution is -2.52. The van der Waals surface area contributed by atoms with Crippen LogP contribution in [0.15, 0.2) is 48.5 Å². The van der Waals surface area contributed by atoms with E-state index in [1.807, 2.05) is 24.3 Å². The first kappa shape index (κ1) is 14.4. The first-order valence-electron chi connectivity index (χ1n) is 7.51. The van der Waals surface area contributed by atoms with Crippen molar-refractivity contribution in [3.05, 3.63) is 69.1 Å². The summed E-state index contributed by atoms with van der Waals surface area (Å²) < 4.78 is 0. The molecule has 0 aliphatic carbocycles. The smallest absolute Gasteiger partial charge is 0.317 e. The Labute approximate surface area is 137 Å². The number of hydrazine groups is 1. The van der Waals surface area contributed by atoms with Gasteiger partial charge in [-0.25, -0.2) is 5.01 Å². The number of hydrogen-bond acceptors (Lipinski definition) is 6. The fraction of sp³-hybridized carbons (Fsp3) is 0.250. The lowest BCUT2D eigenvalue weighted by Gasteiger charge is -2.35. The molecule has 23 heavy (non-hydrogen) atoms. The normalized spacial score (nSPS) is 23.9. The van der Waals surface area contributed by atoms with Gasteiger partial charge in [-0.05, 0) is 24.1 Å². The van der Waals surface area contributed by atoms with Crippen molar-refractivity contribution in [3.8, 4) is 0 Å². The van der Waals surface area contributed by atoms with E-state index in [9.17, 15) is 10.1 Å². The monoisotopic (exact) mass is 328 g/mol. The molecule has 4 rings (SSSR count). The van der Waals surface area contributed by atoms with Crippen LogP contribution in [0, 0.1) is 10.1 Å². The number of fused-ring (bicyclic) bond motifs is 1. The topological polar surface area (TPSA) is 70.4 Å². The highest BCUT2D eigenvalue weighted by Crippen LogP contribution is 2.34. The number of nitrogens with zero attached hydrogens (tertiary/aromatic N) is 2. The zero-order valence-corrected chi connectivity index (χ0v) is 13.1. The van der Waals surface area contributed by atoms with Gasteiger partial charge in [0.15, 0.2) is 0 Å². The lowest BCUT2D eigenvalue weighted by molar-refractivity contribution is -0.380. The van der Waals surface area contributed by atoms with E-state index in [4.69, 9.17) is 0 Å². The molecule has 2 aromatic rings. The summed E-state index contributed by atoms with van der Waals surface area (Å²) >= 11 is 1.26. The van der Waals surface area contributed by atoms with Crippen LogP contribution < -0.4 is 10.7 Å². The first-order valence-corrected chi connectivity index (χ1v) is 8.33. The molecule has 1 aromatic heterocycles. The SMILES string of the molecule is O=[N+]([O-])c1ccc(C2CCN3NC(c4ccccc4)=CC3N2)s1. The first-order chi connectivity index (χ1) is 11.2. The van der Waals surface area contributed by atoms with Gasteiger partial charge < -0.3 is 5.43 Å². The van der Waals surface area contributed by atoms with Crippen molar-refractivity contribution in [1.29, 1.82) is 0 Å². The Hall–Kier alpha value is -2.22. The largest absolute Gasteiger partial charge is 0.324 e. The maximum Gasteiger partial charge on any atom is 0.324 e. The van der Waals surface area contributed by atoms with Crippen LogP contribution in [0.5, 0.6) is 0 Å². The average molecular weight is 328 g/mol. The number of benzene rings is 1. The maximum atomic E-state index is 10.8. The van der Waals surface area contributed by atoms with Gasteiger partial charge >= 0.3 is 5.00 Å². The summed E-state index contributed by atoms with van der Waals surface area (Å²) in [4.78, 5) is 11.5. The summed E-state index contributed by atoms with van der Waals surface area (Å²) in [6.07, 6.45) is 3.19. The van der Waals surface area contributed by atoms with Crippen LogP contribution in [0.25, 0.3) is 5.70 Å². The van der Waals surface area contributed by atoms with Crippen molar-refractivity contribution in [2.75, 3.05) is 6.54 Å². The second kappa shape index (κ2) is 5.77.